The van der Waals surface area contributed by atoms with Crippen molar-refractivity contribution >= 4 is 29.9 Å². The van der Waals surface area contributed by atoms with Crippen LogP contribution in [0.1, 0.15) is 29.5 Å². The number of rotatable bonds is 5. The Labute approximate surface area is 188 Å². The summed E-state index contributed by atoms with van der Waals surface area (Å²) in [7, 11) is 1.68. The molecule has 1 saturated heterocycles. The van der Waals surface area contributed by atoms with Crippen LogP contribution in [-0.2, 0) is 13.1 Å². The molecule has 29 heavy (non-hydrogen) atoms. The predicted molar refractivity (Wildman–Crippen MR) is 125 cm³/mol. The van der Waals surface area contributed by atoms with Crippen molar-refractivity contribution in [2.24, 2.45) is 4.99 Å². The third kappa shape index (κ3) is 7.22. The van der Waals surface area contributed by atoms with Crippen LogP contribution in [-0.4, -0.2) is 37.0 Å². The van der Waals surface area contributed by atoms with Gasteiger partial charge in [0.15, 0.2) is 5.96 Å². The average Bonchev–Trinajstić information content (AvgIpc) is 2.69. The van der Waals surface area contributed by atoms with Crippen LogP contribution >= 0.6 is 24.0 Å². The number of piperidine rings is 1. The monoisotopic (exact) mass is 514 g/mol. The number of nitrogens with one attached hydrogen (secondary N) is 2. The van der Waals surface area contributed by atoms with E-state index in [2.05, 4.69) is 51.7 Å². The Balaban J connectivity index is 0.00000300. The van der Waals surface area contributed by atoms with E-state index in [9.17, 15) is 8.78 Å². The summed E-state index contributed by atoms with van der Waals surface area (Å²) in [5.74, 6) is -0.253. The standard InChI is InChI=1S/C22H28F2N4.HI/c1-16-4-3-5-17(12-16)15-28-10-8-20(9-11-28)27-22(25-2)26-14-18-13-19(23)6-7-21(18)24;/h3-7,12-13,20H,8-11,14-15H2,1-2H3,(H2,25,26,27);1H. The molecule has 1 heterocycles. The molecule has 0 bridgehead atoms. The van der Waals surface area contributed by atoms with E-state index in [1.165, 1.54) is 17.2 Å². The zero-order chi connectivity index (χ0) is 19.9. The van der Waals surface area contributed by atoms with E-state index in [1.807, 2.05) is 0 Å². The van der Waals surface area contributed by atoms with Crippen molar-refractivity contribution < 1.29 is 8.78 Å². The maximum absolute atomic E-state index is 13.8. The van der Waals surface area contributed by atoms with Crippen molar-refractivity contribution in [1.29, 1.82) is 0 Å². The summed E-state index contributed by atoms with van der Waals surface area (Å²) >= 11 is 0. The molecule has 1 fully saturated rings. The van der Waals surface area contributed by atoms with Gasteiger partial charge in [0.1, 0.15) is 11.6 Å². The lowest BCUT2D eigenvalue weighted by Gasteiger charge is -2.33. The number of aliphatic imine (C=N–C) groups is 1. The van der Waals surface area contributed by atoms with Gasteiger partial charge in [0, 0.05) is 44.8 Å². The third-order valence-electron chi connectivity index (χ3n) is 5.09. The van der Waals surface area contributed by atoms with Gasteiger partial charge in [0.25, 0.3) is 0 Å². The molecule has 2 aromatic carbocycles. The molecule has 4 nitrogen and oxygen atoms in total. The summed E-state index contributed by atoms with van der Waals surface area (Å²) < 4.78 is 27.1. The minimum Gasteiger partial charge on any atom is -0.354 e. The first-order valence-electron chi connectivity index (χ1n) is 9.72. The number of nitrogens with zero attached hydrogens (tertiary/aromatic N) is 2. The van der Waals surface area contributed by atoms with Crippen LogP contribution in [0, 0.1) is 18.6 Å². The van der Waals surface area contributed by atoms with Crippen molar-refractivity contribution in [3.63, 3.8) is 0 Å². The Hall–Kier alpha value is -1.74. The summed E-state index contributed by atoms with van der Waals surface area (Å²) in [5, 5.41) is 6.48. The van der Waals surface area contributed by atoms with Gasteiger partial charge in [0.05, 0.1) is 0 Å². The highest BCUT2D eigenvalue weighted by Gasteiger charge is 2.20. The SMILES string of the molecule is CN=C(NCc1cc(F)ccc1F)NC1CCN(Cc2cccc(C)c2)CC1.I. The minimum atomic E-state index is -0.442. The van der Waals surface area contributed by atoms with E-state index >= 15 is 0 Å². The molecule has 0 radical (unpaired) electrons. The molecule has 0 amide bonds. The van der Waals surface area contributed by atoms with E-state index in [0.717, 1.165) is 44.6 Å². The van der Waals surface area contributed by atoms with Gasteiger partial charge in [-0.1, -0.05) is 29.8 Å². The summed E-state index contributed by atoms with van der Waals surface area (Å²) in [6.07, 6.45) is 2.03. The number of likely N-dealkylation sites (tertiary alicyclic amines) is 1. The van der Waals surface area contributed by atoms with Crippen molar-refractivity contribution in [3.8, 4) is 0 Å². The fraction of sp³-hybridized carbons (Fsp3) is 0.409. The molecular weight excluding hydrogens is 485 g/mol. The largest absolute Gasteiger partial charge is 0.354 e. The van der Waals surface area contributed by atoms with Crippen LogP contribution in [0.4, 0.5) is 8.78 Å². The van der Waals surface area contributed by atoms with Gasteiger partial charge in [-0.15, -0.1) is 24.0 Å². The second-order valence-corrected chi connectivity index (χ2v) is 7.35. The van der Waals surface area contributed by atoms with Gasteiger partial charge in [-0.25, -0.2) is 8.78 Å². The lowest BCUT2D eigenvalue weighted by molar-refractivity contribution is 0.198. The van der Waals surface area contributed by atoms with Crippen LogP contribution in [0.15, 0.2) is 47.5 Å². The molecule has 0 aliphatic carbocycles. The lowest BCUT2D eigenvalue weighted by atomic mass is 10.0. The molecule has 0 aromatic heterocycles. The molecule has 7 heteroatoms. The zero-order valence-electron chi connectivity index (χ0n) is 16.9. The third-order valence-corrected chi connectivity index (χ3v) is 5.09. The van der Waals surface area contributed by atoms with Gasteiger partial charge < -0.3 is 10.6 Å². The maximum Gasteiger partial charge on any atom is 0.191 e. The van der Waals surface area contributed by atoms with Crippen LogP contribution in [0.3, 0.4) is 0 Å². The Morgan fingerprint density at radius 3 is 2.59 bits per heavy atom. The fourth-order valence-corrected chi connectivity index (χ4v) is 3.55. The summed E-state index contributed by atoms with van der Waals surface area (Å²) in [5.41, 5.74) is 2.93. The predicted octanol–water partition coefficient (Wildman–Crippen LogP) is 4.22. The molecule has 0 spiro atoms. The highest BCUT2D eigenvalue weighted by Crippen LogP contribution is 2.15. The molecule has 158 valence electrons. The van der Waals surface area contributed by atoms with Crippen LogP contribution in [0.2, 0.25) is 0 Å². The fourth-order valence-electron chi connectivity index (χ4n) is 3.55. The molecule has 2 aromatic rings. The second-order valence-electron chi connectivity index (χ2n) is 7.35. The number of aryl methyl sites for hydroxylation is 1. The molecule has 1 aliphatic heterocycles. The van der Waals surface area contributed by atoms with Crippen molar-refractivity contribution in [2.45, 2.75) is 38.9 Å². The van der Waals surface area contributed by atoms with Crippen molar-refractivity contribution in [1.82, 2.24) is 15.5 Å². The van der Waals surface area contributed by atoms with E-state index in [0.29, 0.717) is 12.0 Å². The molecule has 3 rings (SSSR count). The molecule has 0 saturated carbocycles. The molecule has 0 unspecified atom stereocenters. The Bertz CT molecular complexity index is 820. The number of benzene rings is 2. The van der Waals surface area contributed by atoms with Gasteiger partial charge >= 0.3 is 0 Å². The molecular formula is C22H29F2IN4. The van der Waals surface area contributed by atoms with Crippen LogP contribution in [0.25, 0.3) is 0 Å². The number of hydrogen-bond donors (Lipinski definition) is 2. The maximum atomic E-state index is 13.8. The lowest BCUT2D eigenvalue weighted by Crippen LogP contribution is -2.48. The van der Waals surface area contributed by atoms with E-state index in [-0.39, 0.29) is 36.1 Å². The molecule has 1 aliphatic rings. The van der Waals surface area contributed by atoms with Crippen LogP contribution in [0.5, 0.6) is 0 Å². The number of guanidine groups is 1. The first-order chi connectivity index (χ1) is 13.5. The van der Waals surface area contributed by atoms with E-state index in [1.54, 1.807) is 7.05 Å². The normalized spacial score (nSPS) is 15.7. The van der Waals surface area contributed by atoms with Crippen LogP contribution < -0.4 is 10.6 Å². The quantitative estimate of drug-likeness (QED) is 0.357. The number of halogens is 3. The average molecular weight is 514 g/mol. The van der Waals surface area contributed by atoms with Crippen molar-refractivity contribution in [3.05, 3.63) is 70.8 Å². The Morgan fingerprint density at radius 2 is 1.90 bits per heavy atom. The number of hydrogen-bond acceptors (Lipinski definition) is 2. The second kappa shape index (κ2) is 11.4. The van der Waals surface area contributed by atoms with E-state index in [4.69, 9.17) is 0 Å². The van der Waals surface area contributed by atoms with Crippen molar-refractivity contribution in [2.75, 3.05) is 20.1 Å². The first-order valence-corrected chi connectivity index (χ1v) is 9.72. The van der Waals surface area contributed by atoms with Gasteiger partial charge in [-0.05, 0) is 43.5 Å². The topological polar surface area (TPSA) is 39.7 Å². The molecule has 0 atom stereocenters. The summed E-state index contributed by atoms with van der Waals surface area (Å²) in [6, 6.07) is 12.4. The minimum absolute atomic E-state index is 0. The van der Waals surface area contributed by atoms with Gasteiger partial charge in [-0.2, -0.15) is 0 Å². The molecule has 2 N–H and O–H groups in total. The van der Waals surface area contributed by atoms with Gasteiger partial charge in [0.2, 0.25) is 0 Å². The highest BCUT2D eigenvalue weighted by atomic mass is 127. The zero-order valence-corrected chi connectivity index (χ0v) is 19.3. The highest BCUT2D eigenvalue weighted by molar-refractivity contribution is 14.0. The first kappa shape index (κ1) is 23.5. The Morgan fingerprint density at radius 1 is 1.14 bits per heavy atom. The summed E-state index contributed by atoms with van der Waals surface area (Å²) in [6.45, 7) is 5.31. The van der Waals surface area contributed by atoms with Gasteiger partial charge in [-0.3, -0.25) is 9.89 Å². The summed E-state index contributed by atoms with van der Waals surface area (Å²) in [4.78, 5) is 6.67. The van der Waals surface area contributed by atoms with E-state index < -0.39 is 11.6 Å². The Kier molecular flexibility index (Phi) is 9.29. The smallest absolute Gasteiger partial charge is 0.191 e.